The molecule has 1 fully saturated rings. The van der Waals surface area contributed by atoms with Crippen LogP contribution in [0.5, 0.6) is 0 Å². The Morgan fingerprint density at radius 3 is 2.81 bits per heavy atom. The van der Waals surface area contributed by atoms with Crippen LogP contribution in [0.25, 0.3) is 0 Å². The molecule has 21 heavy (non-hydrogen) atoms. The summed E-state index contributed by atoms with van der Waals surface area (Å²) in [5.74, 6) is -0.208. The first kappa shape index (κ1) is 15.0. The zero-order valence-electron chi connectivity index (χ0n) is 11.9. The van der Waals surface area contributed by atoms with E-state index in [9.17, 15) is 9.59 Å². The number of benzene rings is 1. The molecule has 2 amide bonds. The first-order valence-electron chi connectivity index (χ1n) is 6.92. The zero-order valence-corrected chi connectivity index (χ0v) is 11.9. The standard InChI is InChI=1S/C15H18N4O2/c1-11(19-8-2-7-17-14(20)10-19)15(21)18-13-5-3-12(9-16)4-6-13/h3-6,11H,2,7-8,10H2,1H3,(H,17,20)(H,18,21). The molecular weight excluding hydrogens is 268 g/mol. The van der Waals surface area contributed by atoms with Crippen LogP contribution in [0.15, 0.2) is 24.3 Å². The summed E-state index contributed by atoms with van der Waals surface area (Å²) in [7, 11) is 0. The molecule has 1 unspecified atom stereocenters. The van der Waals surface area contributed by atoms with E-state index in [4.69, 9.17) is 5.26 Å². The Labute approximate surface area is 123 Å². The van der Waals surface area contributed by atoms with Gasteiger partial charge in [0.1, 0.15) is 0 Å². The highest BCUT2D eigenvalue weighted by atomic mass is 16.2. The first-order chi connectivity index (χ1) is 10.1. The second-order valence-electron chi connectivity index (χ2n) is 5.03. The van der Waals surface area contributed by atoms with Crippen molar-refractivity contribution in [3.63, 3.8) is 0 Å². The fraction of sp³-hybridized carbons (Fsp3) is 0.400. The molecule has 110 valence electrons. The van der Waals surface area contributed by atoms with E-state index >= 15 is 0 Å². The highest BCUT2D eigenvalue weighted by Crippen LogP contribution is 2.11. The van der Waals surface area contributed by atoms with Gasteiger partial charge in [0.05, 0.1) is 24.2 Å². The van der Waals surface area contributed by atoms with E-state index in [1.165, 1.54) is 0 Å². The van der Waals surface area contributed by atoms with Gasteiger partial charge in [0.2, 0.25) is 11.8 Å². The maximum Gasteiger partial charge on any atom is 0.241 e. The summed E-state index contributed by atoms with van der Waals surface area (Å²) in [5.41, 5.74) is 1.19. The van der Waals surface area contributed by atoms with Crippen LogP contribution in [0.2, 0.25) is 0 Å². The summed E-state index contributed by atoms with van der Waals surface area (Å²) in [4.78, 5) is 25.6. The van der Waals surface area contributed by atoms with E-state index in [2.05, 4.69) is 10.6 Å². The molecule has 1 aliphatic rings. The van der Waals surface area contributed by atoms with Gasteiger partial charge in [0.25, 0.3) is 0 Å². The molecule has 0 aromatic heterocycles. The van der Waals surface area contributed by atoms with Gasteiger partial charge in [-0.1, -0.05) is 0 Å². The summed E-state index contributed by atoms with van der Waals surface area (Å²) in [6.07, 6.45) is 0.834. The Morgan fingerprint density at radius 1 is 1.43 bits per heavy atom. The number of rotatable bonds is 3. The van der Waals surface area contributed by atoms with Gasteiger partial charge in [-0.3, -0.25) is 14.5 Å². The van der Waals surface area contributed by atoms with Gasteiger partial charge in [-0.2, -0.15) is 5.26 Å². The molecule has 1 aliphatic heterocycles. The molecule has 2 rings (SSSR count). The first-order valence-corrected chi connectivity index (χ1v) is 6.92. The van der Waals surface area contributed by atoms with Gasteiger partial charge >= 0.3 is 0 Å². The van der Waals surface area contributed by atoms with Crippen LogP contribution in [-0.4, -0.2) is 42.4 Å². The number of carbonyl (C=O) groups is 2. The van der Waals surface area contributed by atoms with Crippen molar-refractivity contribution in [1.29, 1.82) is 5.26 Å². The highest BCUT2D eigenvalue weighted by molar-refractivity contribution is 5.95. The van der Waals surface area contributed by atoms with Crippen molar-refractivity contribution in [2.45, 2.75) is 19.4 Å². The lowest BCUT2D eigenvalue weighted by Crippen LogP contribution is -2.45. The molecule has 1 saturated heterocycles. The lowest BCUT2D eigenvalue weighted by atomic mass is 10.2. The largest absolute Gasteiger partial charge is 0.355 e. The molecule has 0 spiro atoms. The van der Waals surface area contributed by atoms with Crippen LogP contribution in [-0.2, 0) is 9.59 Å². The number of nitrogens with one attached hydrogen (secondary N) is 2. The second-order valence-corrected chi connectivity index (χ2v) is 5.03. The molecule has 1 heterocycles. The molecule has 0 aliphatic carbocycles. The van der Waals surface area contributed by atoms with Crippen LogP contribution < -0.4 is 10.6 Å². The van der Waals surface area contributed by atoms with Crippen LogP contribution in [0.3, 0.4) is 0 Å². The average Bonchev–Trinajstić information content (AvgIpc) is 2.71. The predicted molar refractivity (Wildman–Crippen MR) is 78.4 cm³/mol. The van der Waals surface area contributed by atoms with E-state index in [1.54, 1.807) is 31.2 Å². The van der Waals surface area contributed by atoms with Crippen LogP contribution >= 0.6 is 0 Å². The Balaban J connectivity index is 1.98. The second kappa shape index (κ2) is 6.86. The Morgan fingerprint density at radius 2 is 2.14 bits per heavy atom. The van der Waals surface area contributed by atoms with Gasteiger partial charge in [-0.25, -0.2) is 0 Å². The van der Waals surface area contributed by atoms with Crippen molar-refractivity contribution >= 4 is 17.5 Å². The smallest absolute Gasteiger partial charge is 0.241 e. The third-order valence-electron chi connectivity index (χ3n) is 3.50. The van der Waals surface area contributed by atoms with E-state index in [0.29, 0.717) is 24.3 Å². The minimum atomic E-state index is -0.385. The van der Waals surface area contributed by atoms with Crippen LogP contribution in [0.4, 0.5) is 5.69 Å². The minimum absolute atomic E-state index is 0.0504. The van der Waals surface area contributed by atoms with Crippen molar-refractivity contribution in [2.75, 3.05) is 25.0 Å². The van der Waals surface area contributed by atoms with Crippen LogP contribution in [0.1, 0.15) is 18.9 Å². The third kappa shape index (κ3) is 4.04. The number of amides is 2. The normalized spacial score (nSPS) is 17.2. The Hall–Kier alpha value is -2.39. The molecule has 6 heteroatoms. The highest BCUT2D eigenvalue weighted by Gasteiger charge is 2.24. The maximum atomic E-state index is 12.2. The topological polar surface area (TPSA) is 85.2 Å². The number of hydrogen-bond donors (Lipinski definition) is 2. The van der Waals surface area contributed by atoms with E-state index in [1.807, 2.05) is 11.0 Å². The fourth-order valence-corrected chi connectivity index (χ4v) is 2.20. The molecule has 0 bridgehead atoms. The van der Waals surface area contributed by atoms with Gasteiger partial charge < -0.3 is 10.6 Å². The average molecular weight is 286 g/mol. The van der Waals surface area contributed by atoms with Crippen molar-refractivity contribution in [1.82, 2.24) is 10.2 Å². The Bertz CT molecular complexity index is 562. The van der Waals surface area contributed by atoms with Crippen molar-refractivity contribution in [2.24, 2.45) is 0 Å². The zero-order chi connectivity index (χ0) is 15.2. The summed E-state index contributed by atoms with van der Waals surface area (Å²) >= 11 is 0. The molecule has 1 aromatic rings. The van der Waals surface area contributed by atoms with E-state index < -0.39 is 0 Å². The quantitative estimate of drug-likeness (QED) is 0.857. The summed E-state index contributed by atoms with van der Waals surface area (Å²) in [6, 6.07) is 8.33. The van der Waals surface area contributed by atoms with Crippen molar-refractivity contribution in [3.8, 4) is 6.07 Å². The van der Waals surface area contributed by atoms with E-state index in [-0.39, 0.29) is 24.4 Å². The van der Waals surface area contributed by atoms with Crippen molar-refractivity contribution < 1.29 is 9.59 Å². The van der Waals surface area contributed by atoms with Crippen molar-refractivity contribution in [3.05, 3.63) is 29.8 Å². The fourth-order valence-electron chi connectivity index (χ4n) is 2.20. The molecule has 6 nitrogen and oxygen atoms in total. The van der Waals surface area contributed by atoms with Gasteiger partial charge in [0.15, 0.2) is 0 Å². The Kier molecular flexibility index (Phi) is 4.90. The summed E-state index contributed by atoms with van der Waals surface area (Å²) in [5, 5.41) is 14.3. The lowest BCUT2D eigenvalue weighted by molar-refractivity contribution is -0.124. The lowest BCUT2D eigenvalue weighted by Gasteiger charge is -2.25. The number of anilines is 1. The van der Waals surface area contributed by atoms with Gasteiger partial charge in [0, 0.05) is 18.8 Å². The molecule has 0 saturated carbocycles. The van der Waals surface area contributed by atoms with Gasteiger partial charge in [-0.05, 0) is 37.6 Å². The molecular formula is C15H18N4O2. The maximum absolute atomic E-state index is 12.2. The SMILES string of the molecule is CC(C(=O)Nc1ccc(C#N)cc1)N1CCCNC(=O)C1. The molecule has 1 atom stereocenters. The predicted octanol–water partition coefficient (Wildman–Crippen LogP) is 0.707. The molecule has 0 radical (unpaired) electrons. The number of carbonyl (C=O) groups excluding carboxylic acids is 2. The summed E-state index contributed by atoms with van der Waals surface area (Å²) in [6.45, 7) is 3.39. The minimum Gasteiger partial charge on any atom is -0.355 e. The molecule has 2 N–H and O–H groups in total. The third-order valence-corrected chi connectivity index (χ3v) is 3.50. The molecule has 1 aromatic carbocycles. The number of nitriles is 1. The number of hydrogen-bond acceptors (Lipinski definition) is 4. The monoisotopic (exact) mass is 286 g/mol. The van der Waals surface area contributed by atoms with Crippen LogP contribution in [0, 0.1) is 11.3 Å². The number of nitrogens with zero attached hydrogens (tertiary/aromatic N) is 2. The summed E-state index contributed by atoms with van der Waals surface area (Å²) < 4.78 is 0. The van der Waals surface area contributed by atoms with Gasteiger partial charge in [-0.15, -0.1) is 0 Å². The van der Waals surface area contributed by atoms with E-state index in [0.717, 1.165) is 6.42 Å².